The highest BCUT2D eigenvalue weighted by molar-refractivity contribution is 7.28. The number of hydrazine groups is 1. The van der Waals surface area contributed by atoms with E-state index in [1.54, 1.807) is 0 Å². The van der Waals surface area contributed by atoms with Gasteiger partial charge in [0, 0.05) is 13.5 Å². The van der Waals surface area contributed by atoms with Gasteiger partial charge >= 0.3 is 0 Å². The van der Waals surface area contributed by atoms with E-state index >= 15 is 0 Å². The molecule has 18 heavy (non-hydrogen) atoms. The molecule has 1 unspecified atom stereocenters. The SMILES string of the molecule is CCCN[C@@]1(P=O)C(=O)N(N)CCC1NC(C)=O. The molecule has 8 heteroatoms. The third kappa shape index (κ3) is 2.85. The maximum absolute atomic E-state index is 12.2. The van der Waals surface area contributed by atoms with Gasteiger partial charge in [0.05, 0.1) is 6.04 Å². The molecule has 0 aromatic rings. The maximum Gasteiger partial charge on any atom is 0.270 e. The fraction of sp³-hybridized carbons (Fsp3) is 0.800. The molecule has 0 aromatic carbocycles. The van der Waals surface area contributed by atoms with Crippen molar-refractivity contribution in [3.05, 3.63) is 0 Å². The molecule has 2 amide bonds. The van der Waals surface area contributed by atoms with Gasteiger partial charge in [0.1, 0.15) is 0 Å². The first-order valence-corrected chi connectivity index (χ1v) is 6.72. The zero-order valence-corrected chi connectivity index (χ0v) is 11.5. The molecule has 1 fully saturated rings. The number of carbonyl (C=O) groups excluding carboxylic acids is 2. The van der Waals surface area contributed by atoms with Crippen LogP contribution < -0.4 is 16.5 Å². The van der Waals surface area contributed by atoms with Gasteiger partial charge in [0.15, 0.2) is 8.46 Å². The molecule has 1 aliphatic rings. The van der Waals surface area contributed by atoms with E-state index in [9.17, 15) is 14.2 Å². The van der Waals surface area contributed by atoms with Crippen molar-refractivity contribution in [2.75, 3.05) is 13.1 Å². The molecule has 0 aromatic heterocycles. The molecular weight excluding hydrogens is 255 g/mol. The van der Waals surface area contributed by atoms with Crippen LogP contribution in [0, 0.1) is 0 Å². The van der Waals surface area contributed by atoms with Crippen LogP contribution in [0.3, 0.4) is 0 Å². The quantitative estimate of drug-likeness (QED) is 0.359. The molecule has 7 nitrogen and oxygen atoms in total. The van der Waals surface area contributed by atoms with E-state index in [1.807, 2.05) is 6.92 Å². The van der Waals surface area contributed by atoms with Gasteiger partial charge in [-0.2, -0.15) is 0 Å². The van der Waals surface area contributed by atoms with Gasteiger partial charge in [-0.15, -0.1) is 0 Å². The molecule has 0 aliphatic carbocycles. The van der Waals surface area contributed by atoms with Gasteiger partial charge in [-0.25, -0.2) is 5.84 Å². The lowest BCUT2D eigenvalue weighted by Crippen LogP contribution is -2.70. The number of rotatable bonds is 5. The molecular formula is C10H19N4O3P. The highest BCUT2D eigenvalue weighted by atomic mass is 31.1. The Kier molecular flexibility index (Phi) is 5.19. The van der Waals surface area contributed by atoms with Crippen LogP contribution in [0.4, 0.5) is 0 Å². The van der Waals surface area contributed by atoms with Crippen LogP contribution >= 0.6 is 8.46 Å². The van der Waals surface area contributed by atoms with Gasteiger partial charge in [0.2, 0.25) is 11.2 Å². The second-order valence-electron chi connectivity index (χ2n) is 4.32. The summed E-state index contributed by atoms with van der Waals surface area (Å²) < 4.78 is 11.5. The van der Waals surface area contributed by atoms with E-state index in [0.717, 1.165) is 11.4 Å². The van der Waals surface area contributed by atoms with Gasteiger partial charge in [-0.1, -0.05) is 6.92 Å². The Labute approximate surface area is 108 Å². The highest BCUT2D eigenvalue weighted by Gasteiger charge is 2.51. The van der Waals surface area contributed by atoms with Crippen LogP contribution in [0.5, 0.6) is 0 Å². The van der Waals surface area contributed by atoms with Crippen molar-refractivity contribution in [2.45, 2.75) is 38.0 Å². The Morgan fingerprint density at radius 2 is 2.33 bits per heavy atom. The third-order valence-corrected chi connectivity index (χ3v) is 3.86. The van der Waals surface area contributed by atoms with E-state index in [4.69, 9.17) is 5.84 Å². The van der Waals surface area contributed by atoms with Crippen molar-refractivity contribution in [2.24, 2.45) is 5.84 Å². The monoisotopic (exact) mass is 274 g/mol. The zero-order chi connectivity index (χ0) is 13.8. The Morgan fingerprint density at radius 3 is 2.83 bits per heavy atom. The largest absolute Gasteiger partial charge is 0.350 e. The average molecular weight is 274 g/mol. The second-order valence-corrected chi connectivity index (χ2v) is 5.21. The van der Waals surface area contributed by atoms with E-state index < -0.39 is 17.2 Å². The number of nitrogens with one attached hydrogen (secondary N) is 2. The number of amides is 2. The van der Waals surface area contributed by atoms with Gasteiger partial charge < -0.3 is 5.32 Å². The number of nitrogens with two attached hydrogens (primary N) is 1. The number of hydrogen-bond donors (Lipinski definition) is 3. The number of carbonyl (C=O) groups is 2. The summed E-state index contributed by atoms with van der Waals surface area (Å²) >= 11 is 0. The normalized spacial score (nSPS) is 28.5. The minimum Gasteiger partial charge on any atom is -0.350 e. The first-order chi connectivity index (χ1) is 8.47. The third-order valence-electron chi connectivity index (χ3n) is 2.92. The first-order valence-electron chi connectivity index (χ1n) is 5.91. The summed E-state index contributed by atoms with van der Waals surface area (Å²) in [5.74, 6) is 4.86. The molecule has 0 radical (unpaired) electrons. The van der Waals surface area contributed by atoms with Crippen molar-refractivity contribution < 1.29 is 14.2 Å². The van der Waals surface area contributed by atoms with Crippen LogP contribution in [0.25, 0.3) is 0 Å². The number of hydrogen-bond acceptors (Lipinski definition) is 5. The molecule has 0 bridgehead atoms. The summed E-state index contributed by atoms with van der Waals surface area (Å²) in [6.45, 7) is 4.15. The van der Waals surface area contributed by atoms with E-state index in [0.29, 0.717) is 19.5 Å². The average Bonchev–Trinajstić information content (AvgIpc) is 2.34. The topological polar surface area (TPSA) is 105 Å². The van der Waals surface area contributed by atoms with Gasteiger partial charge in [-0.3, -0.25) is 24.5 Å². The summed E-state index contributed by atoms with van der Waals surface area (Å²) in [4.78, 5) is 23.3. The fourth-order valence-electron chi connectivity index (χ4n) is 2.02. The molecule has 1 rings (SSSR count). The Bertz CT molecular complexity index is 352. The molecule has 0 spiro atoms. The van der Waals surface area contributed by atoms with E-state index in [-0.39, 0.29) is 14.4 Å². The summed E-state index contributed by atoms with van der Waals surface area (Å²) in [7, 11) is -0.383. The predicted molar refractivity (Wildman–Crippen MR) is 66.8 cm³/mol. The van der Waals surface area contributed by atoms with Crippen molar-refractivity contribution in [1.82, 2.24) is 15.6 Å². The smallest absolute Gasteiger partial charge is 0.270 e. The van der Waals surface area contributed by atoms with Crippen LogP contribution in [0.2, 0.25) is 0 Å². The standard InChI is InChI=1S/C10H19N4O3P/c1-3-5-12-10(18-17)8(13-7(2)15)4-6-14(11)9(10)16/h8,12H,3-6,11H2,1-2H3,(H,13,15)/t8?,10-/m0/s1. The maximum atomic E-state index is 12.2. The molecule has 0 saturated carbocycles. The molecule has 1 heterocycles. The highest BCUT2D eigenvalue weighted by Crippen LogP contribution is 2.31. The Morgan fingerprint density at radius 1 is 1.67 bits per heavy atom. The molecule has 1 aliphatic heterocycles. The molecule has 4 N–H and O–H groups in total. The first kappa shape index (κ1) is 15.0. The van der Waals surface area contributed by atoms with Crippen molar-refractivity contribution in [3.63, 3.8) is 0 Å². The predicted octanol–water partition coefficient (Wildman–Crippen LogP) is -0.415. The lowest BCUT2D eigenvalue weighted by Gasteiger charge is -2.41. The van der Waals surface area contributed by atoms with Crippen molar-refractivity contribution in [3.8, 4) is 0 Å². The number of nitrogens with zero attached hydrogens (tertiary/aromatic N) is 1. The van der Waals surface area contributed by atoms with Crippen LogP contribution in [0.1, 0.15) is 26.7 Å². The number of piperidine rings is 1. The van der Waals surface area contributed by atoms with E-state index in [1.165, 1.54) is 6.92 Å². The minimum absolute atomic E-state index is 0.260. The van der Waals surface area contributed by atoms with Crippen molar-refractivity contribution in [1.29, 1.82) is 0 Å². The summed E-state index contributed by atoms with van der Waals surface area (Å²) in [5, 5.41) is 5.33. The van der Waals surface area contributed by atoms with Crippen LogP contribution in [-0.4, -0.2) is 41.2 Å². The summed E-state index contributed by atoms with van der Waals surface area (Å²) in [5.41, 5.74) is 0. The Hall–Kier alpha value is -1.04. The minimum atomic E-state index is -1.35. The van der Waals surface area contributed by atoms with Crippen LogP contribution in [-0.2, 0) is 14.2 Å². The Balaban J connectivity index is 3.01. The molecule has 2 atom stereocenters. The van der Waals surface area contributed by atoms with Gasteiger partial charge in [-0.05, 0) is 19.4 Å². The molecule has 1 saturated heterocycles. The lowest BCUT2D eigenvalue weighted by molar-refractivity contribution is -0.140. The van der Waals surface area contributed by atoms with Crippen molar-refractivity contribution >= 4 is 20.3 Å². The second kappa shape index (κ2) is 6.22. The van der Waals surface area contributed by atoms with Gasteiger partial charge in [0.25, 0.3) is 5.91 Å². The van der Waals surface area contributed by atoms with Crippen LogP contribution in [0.15, 0.2) is 0 Å². The lowest BCUT2D eigenvalue weighted by atomic mass is 9.98. The fourth-order valence-corrected chi connectivity index (χ4v) is 2.72. The van der Waals surface area contributed by atoms with E-state index in [2.05, 4.69) is 10.6 Å². The zero-order valence-electron chi connectivity index (χ0n) is 10.6. The summed E-state index contributed by atoms with van der Waals surface area (Å²) in [6, 6.07) is -0.520. The summed E-state index contributed by atoms with van der Waals surface area (Å²) in [6.07, 6.45) is 1.25. The molecule has 102 valence electrons.